The Labute approximate surface area is 98.0 Å². The molecule has 1 aromatic carbocycles. The van der Waals surface area contributed by atoms with E-state index in [-0.39, 0.29) is 5.82 Å². The Balaban J connectivity index is 1.92. The third-order valence-electron chi connectivity index (χ3n) is 2.23. The van der Waals surface area contributed by atoms with E-state index >= 15 is 0 Å². The van der Waals surface area contributed by atoms with Gasteiger partial charge in [-0.15, -0.1) is 0 Å². The van der Waals surface area contributed by atoms with E-state index < -0.39 is 0 Å². The smallest absolute Gasteiger partial charge is 0.123 e. The van der Waals surface area contributed by atoms with Crippen molar-refractivity contribution in [1.29, 1.82) is 0 Å². The van der Waals surface area contributed by atoms with Crippen LogP contribution in [-0.4, -0.2) is 0 Å². The standard InChI is InChI=1S/C12H11ClFNO/c13-12-2-1-11(14)5-10(12)7-15-6-9-3-4-16-8-9/h1-5,8,15H,6-7H2. The lowest BCUT2D eigenvalue weighted by Crippen LogP contribution is -2.12. The number of benzene rings is 1. The number of rotatable bonds is 4. The summed E-state index contributed by atoms with van der Waals surface area (Å²) < 4.78 is 17.9. The van der Waals surface area contributed by atoms with Crippen LogP contribution in [0.4, 0.5) is 4.39 Å². The van der Waals surface area contributed by atoms with Crippen LogP contribution in [0.2, 0.25) is 5.02 Å². The molecule has 0 aliphatic carbocycles. The molecule has 1 heterocycles. The third-order valence-corrected chi connectivity index (χ3v) is 2.60. The Morgan fingerprint density at radius 2 is 2.12 bits per heavy atom. The second-order valence-electron chi connectivity index (χ2n) is 3.47. The minimum atomic E-state index is -0.274. The fraction of sp³-hybridized carbons (Fsp3) is 0.167. The van der Waals surface area contributed by atoms with Crippen LogP contribution in [0, 0.1) is 5.82 Å². The molecule has 0 aliphatic rings. The minimum Gasteiger partial charge on any atom is -0.472 e. The van der Waals surface area contributed by atoms with E-state index in [1.165, 1.54) is 12.1 Å². The lowest BCUT2D eigenvalue weighted by molar-refractivity contribution is 0.560. The predicted octanol–water partition coefficient (Wildman–Crippen LogP) is 3.36. The summed E-state index contributed by atoms with van der Waals surface area (Å²) in [5.74, 6) is -0.274. The molecule has 2 rings (SSSR count). The number of halogens is 2. The van der Waals surface area contributed by atoms with Gasteiger partial charge in [0, 0.05) is 23.7 Å². The maximum Gasteiger partial charge on any atom is 0.123 e. The SMILES string of the molecule is Fc1ccc(Cl)c(CNCc2ccoc2)c1. The van der Waals surface area contributed by atoms with E-state index in [0.717, 1.165) is 11.1 Å². The molecule has 0 spiro atoms. The maximum absolute atomic E-state index is 12.9. The molecule has 0 amide bonds. The first-order chi connectivity index (χ1) is 7.75. The maximum atomic E-state index is 12.9. The fourth-order valence-corrected chi connectivity index (χ4v) is 1.60. The van der Waals surface area contributed by atoms with Gasteiger partial charge in [0.1, 0.15) is 5.82 Å². The van der Waals surface area contributed by atoms with Crippen molar-refractivity contribution >= 4 is 11.6 Å². The molecular weight excluding hydrogens is 229 g/mol. The molecule has 0 fully saturated rings. The summed E-state index contributed by atoms with van der Waals surface area (Å²) in [6.07, 6.45) is 3.28. The molecule has 4 heteroatoms. The van der Waals surface area contributed by atoms with Crippen molar-refractivity contribution in [2.24, 2.45) is 0 Å². The molecule has 16 heavy (non-hydrogen) atoms. The zero-order valence-corrected chi connectivity index (χ0v) is 9.30. The van der Waals surface area contributed by atoms with Gasteiger partial charge in [0.15, 0.2) is 0 Å². The van der Waals surface area contributed by atoms with Gasteiger partial charge in [-0.05, 0) is 29.8 Å². The van der Waals surface area contributed by atoms with E-state index in [0.29, 0.717) is 18.1 Å². The quantitative estimate of drug-likeness (QED) is 0.885. The zero-order chi connectivity index (χ0) is 11.4. The minimum absolute atomic E-state index is 0.274. The van der Waals surface area contributed by atoms with Gasteiger partial charge in [-0.2, -0.15) is 0 Å². The van der Waals surface area contributed by atoms with Crippen LogP contribution in [0.3, 0.4) is 0 Å². The molecule has 0 saturated heterocycles. The molecule has 0 radical (unpaired) electrons. The van der Waals surface area contributed by atoms with Crippen LogP contribution >= 0.6 is 11.6 Å². The lowest BCUT2D eigenvalue weighted by Gasteiger charge is -2.05. The van der Waals surface area contributed by atoms with Crippen molar-refractivity contribution < 1.29 is 8.81 Å². The first kappa shape index (κ1) is 11.2. The van der Waals surface area contributed by atoms with Gasteiger partial charge >= 0.3 is 0 Å². The predicted molar refractivity (Wildman–Crippen MR) is 60.7 cm³/mol. The molecule has 2 nitrogen and oxygen atoms in total. The van der Waals surface area contributed by atoms with Crippen LogP contribution < -0.4 is 5.32 Å². The normalized spacial score (nSPS) is 10.6. The average Bonchev–Trinajstić information content (AvgIpc) is 2.76. The Morgan fingerprint density at radius 1 is 1.25 bits per heavy atom. The molecular formula is C12H11ClFNO. The van der Waals surface area contributed by atoms with Crippen LogP contribution in [0.5, 0.6) is 0 Å². The van der Waals surface area contributed by atoms with E-state index in [4.69, 9.17) is 16.0 Å². The number of hydrogen-bond acceptors (Lipinski definition) is 2. The summed E-state index contributed by atoms with van der Waals surface area (Å²) >= 11 is 5.93. The molecule has 0 saturated carbocycles. The Morgan fingerprint density at radius 3 is 2.88 bits per heavy atom. The van der Waals surface area contributed by atoms with Crippen molar-refractivity contribution in [3.8, 4) is 0 Å². The molecule has 2 aromatic rings. The Bertz CT molecular complexity index is 456. The third kappa shape index (κ3) is 2.84. The van der Waals surface area contributed by atoms with E-state index in [1.54, 1.807) is 18.6 Å². The highest BCUT2D eigenvalue weighted by molar-refractivity contribution is 6.31. The summed E-state index contributed by atoms with van der Waals surface area (Å²) in [7, 11) is 0. The van der Waals surface area contributed by atoms with Crippen molar-refractivity contribution in [2.75, 3.05) is 0 Å². The monoisotopic (exact) mass is 239 g/mol. The molecule has 0 unspecified atom stereocenters. The summed E-state index contributed by atoms with van der Waals surface area (Å²) in [4.78, 5) is 0. The van der Waals surface area contributed by atoms with Gasteiger partial charge in [-0.25, -0.2) is 4.39 Å². The summed E-state index contributed by atoms with van der Waals surface area (Å²) in [6.45, 7) is 1.20. The van der Waals surface area contributed by atoms with Crippen molar-refractivity contribution in [3.63, 3.8) is 0 Å². The summed E-state index contributed by atoms with van der Waals surface area (Å²) in [5, 5.41) is 3.73. The first-order valence-corrected chi connectivity index (χ1v) is 5.29. The van der Waals surface area contributed by atoms with Crippen LogP contribution in [0.25, 0.3) is 0 Å². The van der Waals surface area contributed by atoms with Crippen molar-refractivity contribution in [3.05, 3.63) is 58.8 Å². The van der Waals surface area contributed by atoms with E-state index in [2.05, 4.69) is 5.32 Å². The van der Waals surface area contributed by atoms with Gasteiger partial charge in [-0.1, -0.05) is 11.6 Å². The van der Waals surface area contributed by atoms with E-state index in [1.807, 2.05) is 6.07 Å². The Hall–Kier alpha value is -1.32. The highest BCUT2D eigenvalue weighted by Crippen LogP contribution is 2.16. The first-order valence-electron chi connectivity index (χ1n) is 4.91. The number of hydrogen-bond donors (Lipinski definition) is 1. The van der Waals surface area contributed by atoms with Gasteiger partial charge in [0.05, 0.1) is 12.5 Å². The van der Waals surface area contributed by atoms with E-state index in [9.17, 15) is 4.39 Å². The summed E-state index contributed by atoms with van der Waals surface area (Å²) in [5.41, 5.74) is 1.80. The molecule has 0 atom stereocenters. The van der Waals surface area contributed by atoms with Gasteiger partial charge < -0.3 is 9.73 Å². The largest absolute Gasteiger partial charge is 0.472 e. The highest BCUT2D eigenvalue weighted by atomic mass is 35.5. The van der Waals surface area contributed by atoms with Gasteiger partial charge in [0.2, 0.25) is 0 Å². The molecule has 84 valence electrons. The second-order valence-corrected chi connectivity index (χ2v) is 3.88. The summed E-state index contributed by atoms with van der Waals surface area (Å²) in [6, 6.07) is 6.22. The number of furan rings is 1. The van der Waals surface area contributed by atoms with Crippen LogP contribution in [0.15, 0.2) is 41.2 Å². The number of nitrogens with one attached hydrogen (secondary N) is 1. The van der Waals surface area contributed by atoms with Gasteiger partial charge in [0.25, 0.3) is 0 Å². The van der Waals surface area contributed by atoms with Crippen LogP contribution in [0.1, 0.15) is 11.1 Å². The van der Waals surface area contributed by atoms with Crippen molar-refractivity contribution in [2.45, 2.75) is 13.1 Å². The van der Waals surface area contributed by atoms with Crippen LogP contribution in [-0.2, 0) is 13.1 Å². The zero-order valence-electron chi connectivity index (χ0n) is 8.54. The molecule has 1 N–H and O–H groups in total. The molecule has 0 aliphatic heterocycles. The highest BCUT2D eigenvalue weighted by Gasteiger charge is 2.02. The van der Waals surface area contributed by atoms with Crippen molar-refractivity contribution in [1.82, 2.24) is 5.32 Å². The topological polar surface area (TPSA) is 25.2 Å². The lowest BCUT2D eigenvalue weighted by atomic mass is 10.2. The molecule has 1 aromatic heterocycles. The molecule has 0 bridgehead atoms. The fourth-order valence-electron chi connectivity index (χ4n) is 1.41. The second kappa shape index (κ2) is 5.14. The average molecular weight is 240 g/mol. The van der Waals surface area contributed by atoms with Gasteiger partial charge in [-0.3, -0.25) is 0 Å². The Kier molecular flexibility index (Phi) is 3.59.